The van der Waals surface area contributed by atoms with Crippen LogP contribution in [0.1, 0.15) is 25.3 Å². The van der Waals surface area contributed by atoms with E-state index in [1.807, 2.05) is 0 Å². The van der Waals surface area contributed by atoms with Crippen molar-refractivity contribution in [2.45, 2.75) is 38.3 Å². The molecule has 3 amide bonds. The number of hydrogen-bond donors (Lipinski definition) is 6. The van der Waals surface area contributed by atoms with Crippen LogP contribution in [0.4, 0.5) is 5.82 Å². The number of carbonyl (C=O) groups excluding carboxylic acids is 3. The normalized spacial score (nSPS) is 12.1. The molecular formula is C23H27N5O7. The van der Waals surface area contributed by atoms with E-state index in [-0.39, 0.29) is 12.8 Å². The predicted molar refractivity (Wildman–Crippen MR) is 125 cm³/mol. The second-order valence-electron chi connectivity index (χ2n) is 7.60. The maximum Gasteiger partial charge on any atom is 0.326 e. The average Bonchev–Trinajstić information content (AvgIpc) is 2.81. The van der Waals surface area contributed by atoms with Crippen LogP contribution in [0.15, 0.2) is 42.5 Å². The Morgan fingerprint density at radius 3 is 2.31 bits per heavy atom. The quantitative estimate of drug-likeness (QED) is 0.238. The molecule has 0 unspecified atom stereocenters. The molecule has 1 aromatic carbocycles. The lowest BCUT2D eigenvalue weighted by Crippen LogP contribution is -2.54. The summed E-state index contributed by atoms with van der Waals surface area (Å²) in [7, 11) is 0. The highest BCUT2D eigenvalue weighted by Gasteiger charge is 2.28. The summed E-state index contributed by atoms with van der Waals surface area (Å²) in [6.45, 7) is 1.13. The molecule has 0 spiro atoms. The maximum atomic E-state index is 12.7. The van der Waals surface area contributed by atoms with Crippen molar-refractivity contribution < 1.29 is 34.2 Å². The Kier molecular flexibility index (Phi) is 9.70. The lowest BCUT2D eigenvalue weighted by atomic mass is 10.0. The second kappa shape index (κ2) is 12.7. The lowest BCUT2D eigenvalue weighted by Gasteiger charge is -2.21. The molecule has 0 aliphatic rings. The van der Waals surface area contributed by atoms with Gasteiger partial charge in [-0.05, 0) is 23.8 Å². The van der Waals surface area contributed by atoms with E-state index in [1.165, 1.54) is 0 Å². The number of aliphatic carboxylic acids is 2. The Balaban J connectivity index is 2.12. The van der Waals surface area contributed by atoms with Gasteiger partial charge in [0.2, 0.25) is 17.7 Å². The van der Waals surface area contributed by atoms with Crippen molar-refractivity contribution in [1.82, 2.24) is 20.9 Å². The number of carboxylic acids is 2. The summed E-state index contributed by atoms with van der Waals surface area (Å²) in [6.07, 6.45) is -0.749. The zero-order valence-electron chi connectivity index (χ0n) is 19.0. The van der Waals surface area contributed by atoms with Crippen molar-refractivity contribution in [2.75, 3.05) is 12.3 Å². The minimum absolute atomic E-state index is 0.114. The van der Waals surface area contributed by atoms with E-state index in [9.17, 15) is 29.1 Å². The molecule has 0 bridgehead atoms. The molecule has 2 aromatic rings. The fraction of sp³-hybridized carbons (Fsp3) is 0.304. The molecule has 7 N–H and O–H groups in total. The van der Waals surface area contributed by atoms with Crippen molar-refractivity contribution in [3.8, 4) is 11.3 Å². The Hall–Kier alpha value is -4.48. The monoisotopic (exact) mass is 485 g/mol. The van der Waals surface area contributed by atoms with Crippen molar-refractivity contribution in [3.05, 3.63) is 48.0 Å². The number of carboxylic acid groups (broad SMARTS) is 2. The molecule has 12 nitrogen and oxygen atoms in total. The smallest absolute Gasteiger partial charge is 0.326 e. The molecule has 0 fully saturated rings. The number of nitrogens with two attached hydrogens (primary N) is 1. The van der Waals surface area contributed by atoms with Crippen LogP contribution in [0.2, 0.25) is 0 Å². The van der Waals surface area contributed by atoms with Gasteiger partial charge >= 0.3 is 11.9 Å². The first kappa shape index (κ1) is 26.8. The number of hydrogen-bond acceptors (Lipinski definition) is 7. The second-order valence-corrected chi connectivity index (χ2v) is 7.60. The largest absolute Gasteiger partial charge is 0.481 e. The van der Waals surface area contributed by atoms with Crippen LogP contribution >= 0.6 is 0 Å². The van der Waals surface area contributed by atoms with Crippen LogP contribution in [0, 0.1) is 0 Å². The lowest BCUT2D eigenvalue weighted by molar-refractivity contribution is -0.143. The van der Waals surface area contributed by atoms with Crippen LogP contribution in [-0.4, -0.2) is 63.5 Å². The number of aromatic nitrogens is 1. The SMILES string of the molecule is CCC(=O)NCC(=O)N[C@@H](CC(=O)O)C(=O)N[C@@H](Cc1cccc(-c2cccc(N)n2)c1)C(=O)O. The molecule has 1 heterocycles. The van der Waals surface area contributed by atoms with Crippen LogP contribution < -0.4 is 21.7 Å². The van der Waals surface area contributed by atoms with Gasteiger partial charge in [-0.3, -0.25) is 19.2 Å². The Morgan fingerprint density at radius 1 is 0.971 bits per heavy atom. The minimum atomic E-state index is -1.54. The number of pyridine rings is 1. The highest BCUT2D eigenvalue weighted by atomic mass is 16.4. The molecule has 0 saturated carbocycles. The van der Waals surface area contributed by atoms with Crippen LogP contribution in [-0.2, 0) is 30.4 Å². The molecule has 0 aliphatic carbocycles. The third-order valence-corrected chi connectivity index (χ3v) is 4.85. The van der Waals surface area contributed by atoms with Crippen LogP contribution in [0.5, 0.6) is 0 Å². The van der Waals surface area contributed by atoms with E-state index in [0.717, 1.165) is 0 Å². The number of rotatable bonds is 12. The van der Waals surface area contributed by atoms with Crippen LogP contribution in [0.25, 0.3) is 11.3 Å². The van der Waals surface area contributed by atoms with Crippen molar-refractivity contribution in [2.24, 2.45) is 0 Å². The summed E-state index contributed by atoms with van der Waals surface area (Å²) in [4.78, 5) is 63.2. The third kappa shape index (κ3) is 8.76. The highest BCUT2D eigenvalue weighted by molar-refractivity contribution is 5.94. The van der Waals surface area contributed by atoms with Gasteiger partial charge in [0.1, 0.15) is 17.9 Å². The average molecular weight is 485 g/mol. The Labute approximate surface area is 200 Å². The molecule has 0 radical (unpaired) electrons. The highest BCUT2D eigenvalue weighted by Crippen LogP contribution is 2.20. The topological polar surface area (TPSA) is 201 Å². The molecule has 186 valence electrons. The minimum Gasteiger partial charge on any atom is -0.481 e. The summed E-state index contributed by atoms with van der Waals surface area (Å²) in [6, 6.07) is 9.02. The first-order valence-electron chi connectivity index (χ1n) is 10.7. The summed E-state index contributed by atoms with van der Waals surface area (Å²) in [5, 5.41) is 25.5. The summed E-state index contributed by atoms with van der Waals surface area (Å²) >= 11 is 0. The predicted octanol–water partition coefficient (Wildman–Crippen LogP) is -0.0716. The summed E-state index contributed by atoms with van der Waals surface area (Å²) in [5.74, 6) is -4.57. The van der Waals surface area contributed by atoms with Crippen molar-refractivity contribution in [1.29, 1.82) is 0 Å². The molecule has 2 atom stereocenters. The maximum absolute atomic E-state index is 12.7. The Bertz CT molecular complexity index is 1110. The van der Waals surface area contributed by atoms with Gasteiger partial charge in [-0.1, -0.05) is 31.2 Å². The number of nitrogens with zero attached hydrogens (tertiary/aromatic N) is 1. The molecule has 1 aromatic heterocycles. The first-order chi connectivity index (χ1) is 16.6. The fourth-order valence-corrected chi connectivity index (χ4v) is 3.11. The van der Waals surface area contributed by atoms with E-state index in [0.29, 0.717) is 22.6 Å². The van der Waals surface area contributed by atoms with Gasteiger partial charge in [-0.25, -0.2) is 9.78 Å². The van der Waals surface area contributed by atoms with Crippen LogP contribution in [0.3, 0.4) is 0 Å². The van der Waals surface area contributed by atoms with Gasteiger partial charge in [0.05, 0.1) is 18.7 Å². The van der Waals surface area contributed by atoms with Gasteiger partial charge in [-0.2, -0.15) is 0 Å². The van der Waals surface area contributed by atoms with Crippen molar-refractivity contribution >= 4 is 35.5 Å². The van der Waals surface area contributed by atoms with E-state index in [2.05, 4.69) is 20.9 Å². The zero-order valence-corrected chi connectivity index (χ0v) is 19.0. The van der Waals surface area contributed by atoms with Gasteiger partial charge in [0.25, 0.3) is 0 Å². The molecule has 2 rings (SSSR count). The van der Waals surface area contributed by atoms with Gasteiger partial charge in [0, 0.05) is 18.4 Å². The van der Waals surface area contributed by atoms with E-state index in [1.54, 1.807) is 49.4 Å². The van der Waals surface area contributed by atoms with Gasteiger partial charge in [0.15, 0.2) is 0 Å². The zero-order chi connectivity index (χ0) is 26.0. The molecule has 0 saturated heterocycles. The first-order valence-corrected chi connectivity index (χ1v) is 10.7. The van der Waals surface area contributed by atoms with E-state index >= 15 is 0 Å². The van der Waals surface area contributed by atoms with E-state index in [4.69, 9.17) is 10.8 Å². The van der Waals surface area contributed by atoms with Crippen molar-refractivity contribution in [3.63, 3.8) is 0 Å². The number of carbonyl (C=O) groups is 5. The standard InChI is InChI=1S/C23H27N5O7/c1-2-19(29)25-12-20(30)27-16(11-21(31)32)22(33)28-17(23(34)35)10-13-5-3-6-14(9-13)15-7-4-8-18(24)26-15/h3-9,16-17H,2,10-12H2,1H3,(H2,24,26)(H,25,29)(H,27,30)(H,28,33)(H,31,32)(H,34,35)/t16-,17-/m0/s1. The molecule has 0 aliphatic heterocycles. The number of nitrogen functional groups attached to an aromatic ring is 1. The fourth-order valence-electron chi connectivity index (χ4n) is 3.11. The molecule has 35 heavy (non-hydrogen) atoms. The van der Waals surface area contributed by atoms with Gasteiger partial charge in [-0.15, -0.1) is 0 Å². The van der Waals surface area contributed by atoms with Gasteiger partial charge < -0.3 is 31.9 Å². The number of anilines is 1. The molecular weight excluding hydrogens is 458 g/mol. The van der Waals surface area contributed by atoms with E-state index < -0.39 is 54.7 Å². The molecule has 12 heteroatoms. The number of nitrogens with one attached hydrogen (secondary N) is 3. The Morgan fingerprint density at radius 2 is 1.69 bits per heavy atom. The third-order valence-electron chi connectivity index (χ3n) is 4.85. The summed E-state index contributed by atoms with van der Waals surface area (Å²) < 4.78 is 0. The summed E-state index contributed by atoms with van der Waals surface area (Å²) in [5.41, 5.74) is 7.56. The number of amides is 3. The number of benzene rings is 1.